The third-order valence-corrected chi connectivity index (χ3v) is 5.35. The predicted molar refractivity (Wildman–Crippen MR) is 71.4 cm³/mol. The fourth-order valence-corrected chi connectivity index (χ4v) is 4.01. The quantitative estimate of drug-likeness (QED) is 0.839. The lowest BCUT2D eigenvalue weighted by Gasteiger charge is -2.25. The second-order valence-electron chi connectivity index (χ2n) is 4.40. The molecule has 1 saturated heterocycles. The molecule has 18 heavy (non-hydrogen) atoms. The number of hydrogen-bond acceptors (Lipinski definition) is 3. The summed E-state index contributed by atoms with van der Waals surface area (Å²) < 4.78 is 17.9. The number of nitrogens with zero attached hydrogens (tertiary/aromatic N) is 1. The summed E-state index contributed by atoms with van der Waals surface area (Å²) in [5, 5.41) is 8.93. The van der Waals surface area contributed by atoms with Gasteiger partial charge in [-0.3, -0.25) is 4.21 Å². The zero-order valence-electron chi connectivity index (χ0n) is 10.2. The van der Waals surface area contributed by atoms with Crippen molar-refractivity contribution in [2.24, 2.45) is 0 Å². The Balaban J connectivity index is 2.14. The summed E-state index contributed by atoms with van der Waals surface area (Å²) in [6, 6.07) is 11.9. The zero-order chi connectivity index (χ0) is 12.8. The van der Waals surface area contributed by atoms with E-state index in [0.717, 1.165) is 18.4 Å². The Hall–Kier alpha value is -1.18. The maximum Gasteiger partial charge on any atom is 0.0729 e. The molecule has 2 unspecified atom stereocenters. The molecule has 1 fully saturated rings. The fraction of sp³-hybridized carbons (Fsp3) is 0.500. The third kappa shape index (κ3) is 3.18. The van der Waals surface area contributed by atoms with Crippen LogP contribution in [0.2, 0.25) is 0 Å². The van der Waals surface area contributed by atoms with Gasteiger partial charge in [0.05, 0.1) is 17.7 Å². The molecule has 0 amide bonds. The fourth-order valence-electron chi connectivity index (χ4n) is 2.23. The monoisotopic (exact) mass is 263 g/mol. The first-order valence-electron chi connectivity index (χ1n) is 6.22. The van der Waals surface area contributed by atoms with Crippen LogP contribution in [0, 0.1) is 11.3 Å². The Bertz CT molecular complexity index is 435. The lowest BCUT2D eigenvalue weighted by molar-refractivity contribution is 0.0991. The molecule has 96 valence electrons. The summed E-state index contributed by atoms with van der Waals surface area (Å²) >= 11 is 0. The summed E-state index contributed by atoms with van der Waals surface area (Å²) in [4.78, 5) is 0. The molecular weight excluding hydrogens is 246 g/mol. The van der Waals surface area contributed by atoms with Crippen molar-refractivity contribution in [3.63, 3.8) is 0 Å². The van der Waals surface area contributed by atoms with Crippen LogP contribution in [0.4, 0.5) is 0 Å². The van der Waals surface area contributed by atoms with E-state index in [0.29, 0.717) is 19.6 Å². The van der Waals surface area contributed by atoms with Crippen molar-refractivity contribution in [3.8, 4) is 6.07 Å². The van der Waals surface area contributed by atoms with E-state index >= 15 is 0 Å². The molecule has 4 heteroatoms. The minimum absolute atomic E-state index is 0.164. The van der Waals surface area contributed by atoms with Gasteiger partial charge in [-0.05, 0) is 18.4 Å². The van der Waals surface area contributed by atoms with Crippen LogP contribution >= 0.6 is 0 Å². The van der Waals surface area contributed by atoms with E-state index in [9.17, 15) is 4.21 Å². The average Bonchev–Trinajstić information content (AvgIpc) is 2.46. The van der Waals surface area contributed by atoms with Crippen molar-refractivity contribution in [1.29, 1.82) is 5.26 Å². The molecule has 2 rings (SSSR count). The van der Waals surface area contributed by atoms with E-state index in [4.69, 9.17) is 10.00 Å². The highest BCUT2D eigenvalue weighted by Gasteiger charge is 2.27. The lowest BCUT2D eigenvalue weighted by atomic mass is 10.1. The molecule has 0 spiro atoms. The van der Waals surface area contributed by atoms with Crippen molar-refractivity contribution in [2.45, 2.75) is 29.8 Å². The predicted octanol–water partition coefficient (Wildman–Crippen LogP) is 2.57. The zero-order valence-corrected chi connectivity index (χ0v) is 11.1. The standard InChI is InChI=1S/C14H17NO2S/c15-9-6-14(12-4-2-1-3-5-12)18(16)13-7-10-17-11-8-13/h1-5,13-14H,6-8,10-11H2. The van der Waals surface area contributed by atoms with Gasteiger partial charge in [-0.25, -0.2) is 0 Å². The molecule has 0 bridgehead atoms. The Kier molecular flexibility index (Phi) is 4.91. The summed E-state index contributed by atoms with van der Waals surface area (Å²) in [7, 11) is -0.998. The van der Waals surface area contributed by atoms with Crippen molar-refractivity contribution in [3.05, 3.63) is 35.9 Å². The van der Waals surface area contributed by atoms with E-state index in [1.165, 1.54) is 0 Å². The number of rotatable bonds is 4. The highest BCUT2D eigenvalue weighted by Crippen LogP contribution is 2.29. The van der Waals surface area contributed by atoms with E-state index in [1.54, 1.807) is 0 Å². The molecule has 1 heterocycles. The first-order chi connectivity index (χ1) is 8.83. The van der Waals surface area contributed by atoms with E-state index in [2.05, 4.69) is 6.07 Å². The molecule has 0 aromatic heterocycles. The van der Waals surface area contributed by atoms with E-state index < -0.39 is 10.8 Å². The molecule has 0 N–H and O–H groups in total. The summed E-state index contributed by atoms with van der Waals surface area (Å²) in [5.74, 6) is 0. The Labute approximate surface area is 110 Å². The summed E-state index contributed by atoms with van der Waals surface area (Å²) in [6.45, 7) is 1.37. The van der Waals surface area contributed by atoms with Crippen LogP contribution in [0.15, 0.2) is 30.3 Å². The average molecular weight is 263 g/mol. The second-order valence-corrected chi connectivity index (χ2v) is 6.29. The maximum atomic E-state index is 12.6. The molecule has 2 atom stereocenters. The SMILES string of the molecule is N#CCC(c1ccccc1)S(=O)C1CCOCC1. The Morgan fingerprint density at radius 1 is 1.33 bits per heavy atom. The molecule has 0 radical (unpaired) electrons. The summed E-state index contributed by atoms with van der Waals surface area (Å²) in [6.07, 6.45) is 1.98. The molecule has 3 nitrogen and oxygen atoms in total. The van der Waals surface area contributed by atoms with Gasteiger partial charge in [-0.2, -0.15) is 5.26 Å². The van der Waals surface area contributed by atoms with Gasteiger partial charge in [0.15, 0.2) is 0 Å². The minimum atomic E-state index is -0.998. The van der Waals surface area contributed by atoms with Crippen LogP contribution in [-0.2, 0) is 15.5 Å². The van der Waals surface area contributed by atoms with Crippen molar-refractivity contribution in [2.75, 3.05) is 13.2 Å². The first-order valence-corrected chi connectivity index (χ1v) is 7.49. The van der Waals surface area contributed by atoms with Crippen molar-refractivity contribution < 1.29 is 8.95 Å². The van der Waals surface area contributed by atoms with E-state index in [-0.39, 0.29) is 10.5 Å². The minimum Gasteiger partial charge on any atom is -0.381 e. The largest absolute Gasteiger partial charge is 0.381 e. The van der Waals surface area contributed by atoms with Crippen LogP contribution in [-0.4, -0.2) is 22.7 Å². The normalized spacial score (nSPS) is 19.9. The molecule has 1 aliphatic rings. The van der Waals surface area contributed by atoms with Gasteiger partial charge in [-0.15, -0.1) is 0 Å². The van der Waals surface area contributed by atoms with Crippen molar-refractivity contribution >= 4 is 10.8 Å². The molecule has 0 saturated carbocycles. The van der Waals surface area contributed by atoms with Crippen LogP contribution < -0.4 is 0 Å². The van der Waals surface area contributed by atoms with Gasteiger partial charge in [-0.1, -0.05) is 30.3 Å². The number of benzene rings is 1. The molecule has 0 aliphatic carbocycles. The van der Waals surface area contributed by atoms with Crippen LogP contribution in [0.25, 0.3) is 0 Å². The van der Waals surface area contributed by atoms with Crippen LogP contribution in [0.3, 0.4) is 0 Å². The van der Waals surface area contributed by atoms with Gasteiger partial charge in [0, 0.05) is 29.3 Å². The number of nitriles is 1. The van der Waals surface area contributed by atoms with Gasteiger partial charge in [0.1, 0.15) is 0 Å². The maximum absolute atomic E-state index is 12.6. The molecule has 1 aromatic rings. The van der Waals surface area contributed by atoms with Crippen molar-refractivity contribution in [1.82, 2.24) is 0 Å². The highest BCUT2D eigenvalue weighted by atomic mass is 32.2. The first kappa shape index (κ1) is 13.3. The molecule has 1 aromatic carbocycles. The molecule has 1 aliphatic heterocycles. The van der Waals surface area contributed by atoms with Gasteiger partial charge in [0.25, 0.3) is 0 Å². The topological polar surface area (TPSA) is 50.1 Å². The molecular formula is C14H17NO2S. The summed E-state index contributed by atoms with van der Waals surface area (Å²) in [5.41, 5.74) is 1.00. The second kappa shape index (κ2) is 6.67. The third-order valence-electron chi connectivity index (χ3n) is 3.23. The number of ether oxygens (including phenoxy) is 1. The van der Waals surface area contributed by atoms with Crippen LogP contribution in [0.1, 0.15) is 30.1 Å². The van der Waals surface area contributed by atoms with Gasteiger partial charge >= 0.3 is 0 Å². The van der Waals surface area contributed by atoms with E-state index in [1.807, 2.05) is 30.3 Å². The Morgan fingerprint density at radius 2 is 2.00 bits per heavy atom. The highest BCUT2D eigenvalue weighted by molar-refractivity contribution is 7.85. The van der Waals surface area contributed by atoms with Gasteiger partial charge in [0.2, 0.25) is 0 Å². The Morgan fingerprint density at radius 3 is 2.61 bits per heavy atom. The van der Waals surface area contributed by atoms with Crippen LogP contribution in [0.5, 0.6) is 0 Å². The number of hydrogen-bond donors (Lipinski definition) is 0. The van der Waals surface area contributed by atoms with Gasteiger partial charge < -0.3 is 4.74 Å². The lowest BCUT2D eigenvalue weighted by Crippen LogP contribution is -2.28. The smallest absolute Gasteiger partial charge is 0.0729 e.